The first kappa shape index (κ1) is 23.3. The van der Waals surface area contributed by atoms with Crippen LogP contribution in [0.3, 0.4) is 0 Å². The second-order valence-electron chi connectivity index (χ2n) is 7.31. The summed E-state index contributed by atoms with van der Waals surface area (Å²) in [5.41, 5.74) is 0.822. The molecule has 0 aliphatic carbocycles. The molecule has 0 saturated carbocycles. The van der Waals surface area contributed by atoms with Crippen LogP contribution in [0.4, 0.5) is 0 Å². The van der Waals surface area contributed by atoms with Crippen LogP contribution in [-0.4, -0.2) is 71.0 Å². The largest absolute Gasteiger partial charge is 0.493 e. The Morgan fingerprint density at radius 3 is 2.14 bits per heavy atom. The van der Waals surface area contributed by atoms with Gasteiger partial charge >= 0.3 is 0 Å². The van der Waals surface area contributed by atoms with Crippen molar-refractivity contribution < 1.29 is 23.7 Å². The zero-order valence-electron chi connectivity index (χ0n) is 18.5. The number of morpholine rings is 1. The Morgan fingerprint density at radius 1 is 1.07 bits per heavy atom. The summed E-state index contributed by atoms with van der Waals surface area (Å²) in [4.78, 5) is 15.1. The normalized spacial score (nSPS) is 15.8. The van der Waals surface area contributed by atoms with E-state index in [1.165, 1.54) is 0 Å². The minimum atomic E-state index is -0.0107. The monoisotopic (exact) mass is 408 g/mol. The standard InChI is InChI=1S/C22H36N2O5/c1-6-17(7-2)18(24-8-10-29-11-9-24)15-23-21(25)14-16-12-19(26-3)22(28-5)20(13-16)27-4/h12-13,17-18H,6-11,14-15H2,1-5H3,(H,23,25). The Balaban J connectivity index is 2.04. The molecular weight excluding hydrogens is 372 g/mol. The van der Waals surface area contributed by atoms with Crippen LogP contribution in [0.25, 0.3) is 0 Å². The number of benzene rings is 1. The quantitative estimate of drug-likeness (QED) is 0.607. The molecule has 7 heteroatoms. The van der Waals surface area contributed by atoms with E-state index in [1.54, 1.807) is 21.3 Å². The number of methoxy groups -OCH3 is 3. The molecule has 1 N–H and O–H groups in total. The highest BCUT2D eigenvalue weighted by atomic mass is 16.5. The number of hydrogen-bond donors (Lipinski definition) is 1. The summed E-state index contributed by atoms with van der Waals surface area (Å²) in [6.45, 7) is 8.45. The lowest BCUT2D eigenvalue weighted by Gasteiger charge is -2.38. The highest BCUT2D eigenvalue weighted by Gasteiger charge is 2.27. The van der Waals surface area contributed by atoms with E-state index in [9.17, 15) is 4.79 Å². The Kier molecular flexibility index (Phi) is 9.54. The van der Waals surface area contributed by atoms with E-state index in [0.29, 0.717) is 35.8 Å². The van der Waals surface area contributed by atoms with Gasteiger partial charge < -0.3 is 24.3 Å². The summed E-state index contributed by atoms with van der Waals surface area (Å²) >= 11 is 0. The molecule has 1 aromatic carbocycles. The van der Waals surface area contributed by atoms with Crippen molar-refractivity contribution >= 4 is 5.91 Å². The third-order valence-corrected chi connectivity index (χ3v) is 5.71. The Morgan fingerprint density at radius 2 is 1.66 bits per heavy atom. The highest BCUT2D eigenvalue weighted by Crippen LogP contribution is 2.38. The SMILES string of the molecule is CCC(CC)C(CNC(=O)Cc1cc(OC)c(OC)c(OC)c1)N1CCOCC1. The molecule has 1 aliphatic heterocycles. The summed E-state index contributed by atoms with van der Waals surface area (Å²) in [6.07, 6.45) is 2.46. The molecule has 1 atom stereocenters. The van der Waals surface area contributed by atoms with Crippen LogP contribution in [0.2, 0.25) is 0 Å². The molecule has 0 spiro atoms. The van der Waals surface area contributed by atoms with Gasteiger partial charge in [0.15, 0.2) is 11.5 Å². The summed E-state index contributed by atoms with van der Waals surface area (Å²) in [5, 5.41) is 3.15. The van der Waals surface area contributed by atoms with Gasteiger partial charge in [-0.3, -0.25) is 9.69 Å². The number of carbonyl (C=O) groups excluding carboxylic acids is 1. The van der Waals surface area contributed by atoms with Gasteiger partial charge in [-0.1, -0.05) is 26.7 Å². The van der Waals surface area contributed by atoms with Gasteiger partial charge in [0.1, 0.15) is 0 Å². The molecule has 7 nitrogen and oxygen atoms in total. The van der Waals surface area contributed by atoms with Gasteiger partial charge in [-0.2, -0.15) is 0 Å². The molecule has 1 unspecified atom stereocenters. The van der Waals surface area contributed by atoms with Crippen molar-refractivity contribution in [2.24, 2.45) is 5.92 Å². The van der Waals surface area contributed by atoms with Gasteiger partial charge in [-0.25, -0.2) is 0 Å². The number of carbonyl (C=O) groups is 1. The second-order valence-corrected chi connectivity index (χ2v) is 7.31. The fourth-order valence-corrected chi connectivity index (χ4v) is 4.04. The van der Waals surface area contributed by atoms with Crippen LogP contribution in [0.15, 0.2) is 12.1 Å². The lowest BCUT2D eigenvalue weighted by Crippen LogP contribution is -2.52. The average Bonchev–Trinajstić information content (AvgIpc) is 2.76. The Bertz CT molecular complexity index is 617. The molecule has 2 rings (SSSR count). The molecule has 1 heterocycles. The summed E-state index contributed by atoms with van der Waals surface area (Å²) in [5.74, 6) is 2.18. The van der Waals surface area contributed by atoms with Gasteiger partial charge in [-0.05, 0) is 23.6 Å². The number of nitrogens with zero attached hydrogens (tertiary/aromatic N) is 1. The van der Waals surface area contributed by atoms with Gasteiger partial charge in [0.05, 0.1) is 41.0 Å². The van der Waals surface area contributed by atoms with Gasteiger partial charge in [0.25, 0.3) is 0 Å². The third-order valence-electron chi connectivity index (χ3n) is 5.71. The molecule has 1 fully saturated rings. The maximum atomic E-state index is 12.7. The number of ether oxygens (including phenoxy) is 4. The summed E-state index contributed by atoms with van der Waals surface area (Å²) in [6, 6.07) is 3.97. The fraction of sp³-hybridized carbons (Fsp3) is 0.682. The average molecular weight is 409 g/mol. The van der Waals surface area contributed by atoms with Crippen LogP contribution in [-0.2, 0) is 16.0 Å². The van der Waals surface area contributed by atoms with E-state index in [2.05, 4.69) is 24.1 Å². The van der Waals surface area contributed by atoms with Crippen LogP contribution in [0.5, 0.6) is 17.2 Å². The van der Waals surface area contributed by atoms with Gasteiger partial charge in [0, 0.05) is 25.7 Å². The summed E-state index contributed by atoms with van der Waals surface area (Å²) < 4.78 is 21.6. The van der Waals surface area contributed by atoms with Crippen molar-refractivity contribution in [3.8, 4) is 17.2 Å². The molecule has 0 aromatic heterocycles. The Labute approximate surface area is 174 Å². The molecule has 164 valence electrons. The van der Waals surface area contributed by atoms with Crippen LogP contribution < -0.4 is 19.5 Å². The van der Waals surface area contributed by atoms with E-state index in [4.69, 9.17) is 18.9 Å². The summed E-state index contributed by atoms with van der Waals surface area (Å²) in [7, 11) is 4.71. The van der Waals surface area contributed by atoms with Crippen molar-refractivity contribution in [3.63, 3.8) is 0 Å². The van der Waals surface area contributed by atoms with E-state index >= 15 is 0 Å². The number of nitrogens with one attached hydrogen (secondary N) is 1. The minimum Gasteiger partial charge on any atom is -0.493 e. The number of rotatable bonds is 11. The van der Waals surface area contributed by atoms with Crippen LogP contribution in [0.1, 0.15) is 32.3 Å². The van der Waals surface area contributed by atoms with Crippen molar-refractivity contribution in [2.45, 2.75) is 39.2 Å². The zero-order chi connectivity index (χ0) is 21.2. The molecule has 29 heavy (non-hydrogen) atoms. The fourth-order valence-electron chi connectivity index (χ4n) is 4.04. The predicted octanol–water partition coefficient (Wildman–Crippen LogP) is 2.51. The number of amides is 1. The van der Waals surface area contributed by atoms with Crippen LogP contribution in [0, 0.1) is 5.92 Å². The van der Waals surface area contributed by atoms with E-state index in [-0.39, 0.29) is 12.3 Å². The van der Waals surface area contributed by atoms with Gasteiger partial charge in [0.2, 0.25) is 11.7 Å². The molecule has 1 saturated heterocycles. The van der Waals surface area contributed by atoms with Crippen molar-refractivity contribution in [1.82, 2.24) is 10.2 Å². The Hall–Kier alpha value is -1.99. The molecular formula is C22H36N2O5. The minimum absolute atomic E-state index is 0.0107. The molecule has 1 aliphatic rings. The second kappa shape index (κ2) is 11.9. The van der Waals surface area contributed by atoms with Crippen LogP contribution >= 0.6 is 0 Å². The van der Waals surface area contributed by atoms with E-state index in [0.717, 1.165) is 44.7 Å². The molecule has 1 amide bonds. The molecule has 0 radical (unpaired) electrons. The number of hydrogen-bond acceptors (Lipinski definition) is 6. The van der Waals surface area contributed by atoms with Crippen molar-refractivity contribution in [3.05, 3.63) is 17.7 Å². The first-order chi connectivity index (χ1) is 14.1. The van der Waals surface area contributed by atoms with Gasteiger partial charge in [-0.15, -0.1) is 0 Å². The smallest absolute Gasteiger partial charge is 0.224 e. The first-order valence-electron chi connectivity index (χ1n) is 10.4. The molecule has 0 bridgehead atoms. The topological polar surface area (TPSA) is 69.3 Å². The highest BCUT2D eigenvalue weighted by molar-refractivity contribution is 5.79. The lowest BCUT2D eigenvalue weighted by molar-refractivity contribution is -0.121. The predicted molar refractivity (Wildman–Crippen MR) is 113 cm³/mol. The van der Waals surface area contributed by atoms with E-state index in [1.807, 2.05) is 12.1 Å². The maximum Gasteiger partial charge on any atom is 0.224 e. The lowest BCUT2D eigenvalue weighted by atomic mass is 9.92. The zero-order valence-corrected chi connectivity index (χ0v) is 18.5. The third kappa shape index (κ3) is 6.24. The van der Waals surface area contributed by atoms with E-state index < -0.39 is 0 Å². The maximum absolute atomic E-state index is 12.7. The van der Waals surface area contributed by atoms with Crippen molar-refractivity contribution in [1.29, 1.82) is 0 Å². The first-order valence-corrected chi connectivity index (χ1v) is 10.4. The molecule has 1 aromatic rings. The van der Waals surface area contributed by atoms with Crippen molar-refractivity contribution in [2.75, 3.05) is 54.2 Å².